The van der Waals surface area contributed by atoms with E-state index in [-0.39, 0.29) is 11.8 Å². The van der Waals surface area contributed by atoms with Crippen molar-refractivity contribution in [2.75, 3.05) is 19.6 Å². The third-order valence-corrected chi connectivity index (χ3v) is 4.73. The Kier molecular flexibility index (Phi) is 4.98. The van der Waals surface area contributed by atoms with Crippen LogP contribution in [0.3, 0.4) is 0 Å². The third kappa shape index (κ3) is 3.26. The van der Waals surface area contributed by atoms with Crippen molar-refractivity contribution in [2.45, 2.75) is 58.4 Å². The fraction of sp³-hybridized carbons (Fsp3) is 0.706. The molecule has 6 heteroatoms. The van der Waals surface area contributed by atoms with Crippen LogP contribution in [0.1, 0.15) is 72.3 Å². The number of aromatic nitrogens is 2. The van der Waals surface area contributed by atoms with E-state index in [2.05, 4.69) is 17.2 Å². The molecule has 0 atom stereocenters. The molecule has 1 fully saturated rings. The van der Waals surface area contributed by atoms with Gasteiger partial charge in [-0.25, -0.2) is 4.98 Å². The van der Waals surface area contributed by atoms with Gasteiger partial charge in [-0.05, 0) is 38.5 Å². The average molecular weight is 318 g/mol. The van der Waals surface area contributed by atoms with Crippen molar-refractivity contribution in [3.05, 3.63) is 17.2 Å². The second-order valence-corrected chi connectivity index (χ2v) is 6.45. The lowest BCUT2D eigenvalue weighted by molar-refractivity contribution is 0.0786. The Morgan fingerprint density at radius 1 is 1.13 bits per heavy atom. The maximum absolute atomic E-state index is 12.7. The van der Waals surface area contributed by atoms with Gasteiger partial charge in [0.15, 0.2) is 5.82 Å². The minimum Gasteiger partial charge on any atom is -0.349 e. The fourth-order valence-electron chi connectivity index (χ4n) is 3.42. The SMILES string of the molecule is CCCCNC(=O)c1nc(C(=O)N2CCCC2)c2n1CCCC2. The highest BCUT2D eigenvalue weighted by Crippen LogP contribution is 2.23. The quantitative estimate of drug-likeness (QED) is 0.844. The van der Waals surface area contributed by atoms with Crippen molar-refractivity contribution in [2.24, 2.45) is 0 Å². The van der Waals surface area contributed by atoms with Crippen molar-refractivity contribution >= 4 is 11.8 Å². The molecule has 1 saturated heterocycles. The van der Waals surface area contributed by atoms with Crippen LogP contribution in [0, 0.1) is 0 Å². The molecule has 0 unspecified atom stereocenters. The first-order valence-electron chi connectivity index (χ1n) is 8.89. The van der Waals surface area contributed by atoms with Crippen LogP contribution in [0.15, 0.2) is 0 Å². The van der Waals surface area contributed by atoms with Gasteiger partial charge in [0, 0.05) is 26.2 Å². The van der Waals surface area contributed by atoms with E-state index in [1.54, 1.807) is 0 Å². The minimum atomic E-state index is -0.151. The molecule has 3 heterocycles. The molecule has 0 saturated carbocycles. The Hall–Kier alpha value is -1.85. The van der Waals surface area contributed by atoms with Crippen LogP contribution in [-0.2, 0) is 13.0 Å². The summed E-state index contributed by atoms with van der Waals surface area (Å²) in [6, 6.07) is 0. The molecule has 1 aromatic rings. The molecule has 0 aliphatic carbocycles. The molecule has 23 heavy (non-hydrogen) atoms. The Morgan fingerprint density at radius 2 is 1.87 bits per heavy atom. The lowest BCUT2D eigenvalue weighted by Gasteiger charge is -2.18. The molecule has 0 aromatic carbocycles. The third-order valence-electron chi connectivity index (χ3n) is 4.73. The summed E-state index contributed by atoms with van der Waals surface area (Å²) in [5, 5.41) is 2.92. The molecule has 1 aromatic heterocycles. The van der Waals surface area contributed by atoms with Gasteiger partial charge in [0.1, 0.15) is 5.69 Å². The number of carbonyl (C=O) groups excluding carboxylic acids is 2. The van der Waals surface area contributed by atoms with Crippen molar-refractivity contribution in [1.82, 2.24) is 19.8 Å². The summed E-state index contributed by atoms with van der Waals surface area (Å²) in [7, 11) is 0. The molecule has 2 aliphatic heterocycles. The number of nitrogens with one attached hydrogen (secondary N) is 1. The van der Waals surface area contributed by atoms with Crippen LogP contribution in [0.4, 0.5) is 0 Å². The zero-order valence-corrected chi connectivity index (χ0v) is 13.9. The van der Waals surface area contributed by atoms with E-state index >= 15 is 0 Å². The molecule has 2 aliphatic rings. The van der Waals surface area contributed by atoms with Gasteiger partial charge in [0.25, 0.3) is 11.8 Å². The van der Waals surface area contributed by atoms with Gasteiger partial charge in [-0.2, -0.15) is 0 Å². The molecule has 3 rings (SSSR count). The number of rotatable bonds is 5. The van der Waals surface area contributed by atoms with Gasteiger partial charge in [0.05, 0.1) is 5.69 Å². The van der Waals surface area contributed by atoms with Crippen LogP contribution >= 0.6 is 0 Å². The summed E-state index contributed by atoms with van der Waals surface area (Å²) < 4.78 is 1.97. The van der Waals surface area contributed by atoms with Crippen LogP contribution < -0.4 is 5.32 Å². The number of hydrogen-bond acceptors (Lipinski definition) is 3. The van der Waals surface area contributed by atoms with Gasteiger partial charge in [-0.3, -0.25) is 9.59 Å². The van der Waals surface area contributed by atoms with Crippen molar-refractivity contribution in [3.8, 4) is 0 Å². The number of amides is 2. The number of fused-ring (bicyclic) bond motifs is 1. The predicted molar refractivity (Wildman–Crippen MR) is 87.5 cm³/mol. The normalized spacial score (nSPS) is 17.2. The van der Waals surface area contributed by atoms with E-state index in [1.807, 2.05) is 9.47 Å². The highest BCUT2D eigenvalue weighted by Gasteiger charge is 2.30. The van der Waals surface area contributed by atoms with Crippen LogP contribution in [0.2, 0.25) is 0 Å². The first-order chi connectivity index (χ1) is 11.2. The van der Waals surface area contributed by atoms with Gasteiger partial charge >= 0.3 is 0 Å². The molecule has 0 spiro atoms. The van der Waals surface area contributed by atoms with E-state index in [0.29, 0.717) is 18.1 Å². The van der Waals surface area contributed by atoms with Crippen molar-refractivity contribution < 1.29 is 9.59 Å². The van der Waals surface area contributed by atoms with Crippen LogP contribution in [-0.4, -0.2) is 45.9 Å². The number of likely N-dealkylation sites (tertiary alicyclic amines) is 1. The Labute approximate surface area is 137 Å². The van der Waals surface area contributed by atoms with Crippen LogP contribution in [0.5, 0.6) is 0 Å². The summed E-state index contributed by atoms with van der Waals surface area (Å²) in [5.74, 6) is 0.265. The lowest BCUT2D eigenvalue weighted by Crippen LogP contribution is -2.29. The molecule has 6 nitrogen and oxygen atoms in total. The molecule has 2 amide bonds. The highest BCUT2D eigenvalue weighted by molar-refractivity contribution is 5.97. The second-order valence-electron chi connectivity index (χ2n) is 6.45. The van der Waals surface area contributed by atoms with E-state index in [0.717, 1.165) is 70.3 Å². The van der Waals surface area contributed by atoms with Crippen molar-refractivity contribution in [3.63, 3.8) is 0 Å². The second kappa shape index (κ2) is 7.15. The fourth-order valence-corrected chi connectivity index (χ4v) is 3.42. The summed E-state index contributed by atoms with van der Waals surface area (Å²) in [5.41, 5.74) is 1.46. The lowest BCUT2D eigenvalue weighted by atomic mass is 10.1. The summed E-state index contributed by atoms with van der Waals surface area (Å²) in [4.78, 5) is 31.5. The van der Waals surface area contributed by atoms with E-state index < -0.39 is 0 Å². The van der Waals surface area contributed by atoms with Gasteiger partial charge in [-0.15, -0.1) is 0 Å². The van der Waals surface area contributed by atoms with Gasteiger partial charge in [0.2, 0.25) is 0 Å². The standard InChI is InChI=1S/C17H26N4O2/c1-2-3-9-18-16(22)15-19-14(13-8-4-5-12-21(13)15)17(23)20-10-6-7-11-20/h2-12H2,1H3,(H,18,22). The minimum absolute atomic E-state index is 0.000702. The number of hydrogen-bond donors (Lipinski definition) is 1. The van der Waals surface area contributed by atoms with E-state index in [4.69, 9.17) is 0 Å². The number of unbranched alkanes of at least 4 members (excludes halogenated alkanes) is 1. The van der Waals surface area contributed by atoms with Gasteiger partial charge < -0.3 is 14.8 Å². The first-order valence-corrected chi connectivity index (χ1v) is 8.89. The van der Waals surface area contributed by atoms with Gasteiger partial charge in [-0.1, -0.05) is 13.3 Å². The average Bonchev–Trinajstić information content (AvgIpc) is 3.22. The highest BCUT2D eigenvalue weighted by atomic mass is 16.2. The summed E-state index contributed by atoms with van der Waals surface area (Å²) in [6.45, 7) is 5.15. The zero-order valence-electron chi connectivity index (χ0n) is 13.9. The number of nitrogens with zero attached hydrogens (tertiary/aromatic N) is 3. The predicted octanol–water partition coefficient (Wildman–Crippen LogP) is 1.99. The molecule has 0 bridgehead atoms. The topological polar surface area (TPSA) is 67.2 Å². The Bertz CT molecular complexity index is 588. The van der Waals surface area contributed by atoms with Crippen LogP contribution in [0.25, 0.3) is 0 Å². The maximum Gasteiger partial charge on any atom is 0.287 e. The maximum atomic E-state index is 12.7. The zero-order chi connectivity index (χ0) is 16.2. The summed E-state index contributed by atoms with van der Waals surface area (Å²) >= 11 is 0. The smallest absolute Gasteiger partial charge is 0.287 e. The largest absolute Gasteiger partial charge is 0.349 e. The summed E-state index contributed by atoms with van der Waals surface area (Å²) in [6.07, 6.45) is 7.05. The Morgan fingerprint density at radius 3 is 2.61 bits per heavy atom. The first kappa shape index (κ1) is 16.0. The molecule has 0 radical (unpaired) electrons. The molecule has 1 N–H and O–H groups in total. The molecular formula is C17H26N4O2. The molecular weight excluding hydrogens is 292 g/mol. The molecule has 126 valence electrons. The number of carbonyl (C=O) groups is 2. The Balaban J connectivity index is 1.85. The number of imidazole rings is 1. The van der Waals surface area contributed by atoms with Crippen molar-refractivity contribution in [1.29, 1.82) is 0 Å². The van der Waals surface area contributed by atoms with E-state index in [1.165, 1.54) is 0 Å². The monoisotopic (exact) mass is 318 g/mol. The van der Waals surface area contributed by atoms with E-state index in [9.17, 15) is 9.59 Å².